The molecule has 0 aromatic heterocycles. The molecular weight excluding hydrogens is 136 g/mol. The highest BCUT2D eigenvalue weighted by atomic mass is 16.3. The van der Waals surface area contributed by atoms with Gasteiger partial charge >= 0.3 is 0 Å². The molecule has 1 heteroatoms. The molecule has 0 spiro atoms. The first-order valence-corrected chi connectivity index (χ1v) is 4.44. The van der Waals surface area contributed by atoms with Crippen LogP contribution in [0.3, 0.4) is 0 Å². The quantitative estimate of drug-likeness (QED) is 0.620. The first-order valence-electron chi connectivity index (χ1n) is 4.44. The second kappa shape index (κ2) is 5.36. The van der Waals surface area contributed by atoms with E-state index in [2.05, 4.69) is 19.9 Å². The van der Waals surface area contributed by atoms with Gasteiger partial charge in [-0.15, -0.1) is 0 Å². The van der Waals surface area contributed by atoms with Crippen molar-refractivity contribution in [3.8, 4) is 0 Å². The second-order valence-corrected chi connectivity index (χ2v) is 3.35. The molecule has 0 fully saturated rings. The van der Waals surface area contributed by atoms with Crippen LogP contribution >= 0.6 is 0 Å². The van der Waals surface area contributed by atoms with Gasteiger partial charge < -0.3 is 5.11 Å². The SMILES string of the molecule is CCCC(C)C=C(C)C(C)O. The van der Waals surface area contributed by atoms with Gasteiger partial charge in [0.05, 0.1) is 6.10 Å². The topological polar surface area (TPSA) is 20.2 Å². The Morgan fingerprint density at radius 1 is 1.45 bits per heavy atom. The molecule has 0 bridgehead atoms. The van der Waals surface area contributed by atoms with Crippen LogP contribution in [0.25, 0.3) is 0 Å². The highest BCUT2D eigenvalue weighted by Crippen LogP contribution is 2.11. The van der Waals surface area contributed by atoms with Gasteiger partial charge in [0.25, 0.3) is 0 Å². The van der Waals surface area contributed by atoms with Crippen LogP contribution in [0, 0.1) is 5.92 Å². The van der Waals surface area contributed by atoms with E-state index >= 15 is 0 Å². The summed E-state index contributed by atoms with van der Waals surface area (Å²) in [6.45, 7) is 8.17. The summed E-state index contributed by atoms with van der Waals surface area (Å²) < 4.78 is 0. The fourth-order valence-electron chi connectivity index (χ4n) is 1.13. The lowest BCUT2D eigenvalue weighted by Gasteiger charge is -2.08. The van der Waals surface area contributed by atoms with Gasteiger partial charge in [-0.25, -0.2) is 0 Å². The maximum Gasteiger partial charge on any atom is 0.0719 e. The van der Waals surface area contributed by atoms with Crippen LogP contribution in [0.1, 0.15) is 40.5 Å². The van der Waals surface area contributed by atoms with Crippen LogP contribution in [0.2, 0.25) is 0 Å². The molecular formula is C10H20O. The first kappa shape index (κ1) is 10.7. The predicted octanol–water partition coefficient (Wildman–Crippen LogP) is 2.75. The van der Waals surface area contributed by atoms with E-state index in [0.29, 0.717) is 5.92 Å². The van der Waals surface area contributed by atoms with Gasteiger partial charge in [0.15, 0.2) is 0 Å². The minimum Gasteiger partial charge on any atom is -0.389 e. The molecule has 0 aromatic carbocycles. The Balaban J connectivity index is 3.86. The molecule has 1 N–H and O–H groups in total. The molecule has 0 heterocycles. The first-order chi connectivity index (χ1) is 5.07. The third kappa shape index (κ3) is 5.02. The standard InChI is InChI=1S/C10H20O/c1-5-6-8(2)7-9(3)10(4)11/h7-8,10-11H,5-6H2,1-4H3. The number of aliphatic hydroxyl groups is 1. The van der Waals surface area contributed by atoms with Crippen molar-refractivity contribution in [2.45, 2.75) is 46.6 Å². The van der Waals surface area contributed by atoms with Crippen molar-refractivity contribution in [3.05, 3.63) is 11.6 Å². The Kier molecular flexibility index (Phi) is 5.22. The van der Waals surface area contributed by atoms with E-state index in [-0.39, 0.29) is 6.10 Å². The lowest BCUT2D eigenvalue weighted by Crippen LogP contribution is -2.03. The van der Waals surface area contributed by atoms with Gasteiger partial charge in [-0.2, -0.15) is 0 Å². The van der Waals surface area contributed by atoms with E-state index in [4.69, 9.17) is 5.11 Å². The van der Waals surface area contributed by atoms with E-state index < -0.39 is 0 Å². The van der Waals surface area contributed by atoms with Crippen LogP contribution in [-0.4, -0.2) is 11.2 Å². The Bertz CT molecular complexity index is 125. The maximum atomic E-state index is 9.17. The lowest BCUT2D eigenvalue weighted by atomic mass is 10.0. The summed E-state index contributed by atoms with van der Waals surface area (Å²) in [6.07, 6.45) is 4.30. The van der Waals surface area contributed by atoms with E-state index in [1.54, 1.807) is 0 Å². The molecule has 11 heavy (non-hydrogen) atoms. The molecule has 0 amide bonds. The number of hydrogen-bond donors (Lipinski definition) is 1. The minimum absolute atomic E-state index is 0.283. The average Bonchev–Trinajstić information content (AvgIpc) is 1.87. The van der Waals surface area contributed by atoms with E-state index in [0.717, 1.165) is 5.57 Å². The summed E-state index contributed by atoms with van der Waals surface area (Å²) in [6, 6.07) is 0. The molecule has 66 valence electrons. The van der Waals surface area contributed by atoms with Crippen LogP contribution in [0.5, 0.6) is 0 Å². The van der Waals surface area contributed by atoms with E-state index in [1.807, 2.05) is 13.8 Å². The van der Waals surface area contributed by atoms with Gasteiger partial charge in [-0.05, 0) is 31.8 Å². The molecule has 1 nitrogen and oxygen atoms in total. The molecule has 0 rings (SSSR count). The Labute approximate surface area is 70.1 Å². The van der Waals surface area contributed by atoms with Crippen LogP contribution in [0.4, 0.5) is 0 Å². The number of aliphatic hydroxyl groups excluding tert-OH is 1. The average molecular weight is 156 g/mol. The second-order valence-electron chi connectivity index (χ2n) is 3.35. The molecule has 0 saturated heterocycles. The highest BCUT2D eigenvalue weighted by molar-refractivity contribution is 5.04. The lowest BCUT2D eigenvalue weighted by molar-refractivity contribution is 0.230. The molecule has 0 aliphatic heterocycles. The van der Waals surface area contributed by atoms with Crippen molar-refractivity contribution in [1.82, 2.24) is 0 Å². The molecule has 0 aromatic rings. The van der Waals surface area contributed by atoms with Crippen LogP contribution < -0.4 is 0 Å². The summed E-state index contributed by atoms with van der Waals surface area (Å²) in [4.78, 5) is 0. The zero-order chi connectivity index (χ0) is 8.85. The van der Waals surface area contributed by atoms with Gasteiger partial charge in [-0.1, -0.05) is 26.3 Å². The third-order valence-corrected chi connectivity index (χ3v) is 1.95. The van der Waals surface area contributed by atoms with Crippen molar-refractivity contribution < 1.29 is 5.11 Å². The van der Waals surface area contributed by atoms with Gasteiger partial charge in [0, 0.05) is 0 Å². The number of allylic oxidation sites excluding steroid dienone is 1. The fourth-order valence-corrected chi connectivity index (χ4v) is 1.13. The molecule has 0 saturated carbocycles. The maximum absolute atomic E-state index is 9.17. The third-order valence-electron chi connectivity index (χ3n) is 1.95. The van der Waals surface area contributed by atoms with E-state index in [9.17, 15) is 0 Å². The van der Waals surface area contributed by atoms with Crippen molar-refractivity contribution >= 4 is 0 Å². The van der Waals surface area contributed by atoms with Crippen molar-refractivity contribution in [3.63, 3.8) is 0 Å². The summed E-state index contributed by atoms with van der Waals surface area (Å²) in [5.41, 5.74) is 1.09. The molecule has 2 unspecified atom stereocenters. The molecule has 0 aliphatic carbocycles. The predicted molar refractivity (Wildman–Crippen MR) is 49.5 cm³/mol. The van der Waals surface area contributed by atoms with Crippen molar-refractivity contribution in [2.24, 2.45) is 5.92 Å². The monoisotopic (exact) mass is 156 g/mol. The van der Waals surface area contributed by atoms with Gasteiger partial charge in [-0.3, -0.25) is 0 Å². The van der Waals surface area contributed by atoms with Crippen molar-refractivity contribution in [1.29, 1.82) is 0 Å². The summed E-state index contributed by atoms with van der Waals surface area (Å²) in [7, 11) is 0. The van der Waals surface area contributed by atoms with Gasteiger partial charge in [0.1, 0.15) is 0 Å². The van der Waals surface area contributed by atoms with Crippen LogP contribution in [0.15, 0.2) is 11.6 Å². The van der Waals surface area contributed by atoms with Gasteiger partial charge in [0.2, 0.25) is 0 Å². The zero-order valence-electron chi connectivity index (χ0n) is 8.09. The molecule has 2 atom stereocenters. The minimum atomic E-state index is -0.283. The summed E-state index contributed by atoms with van der Waals surface area (Å²) >= 11 is 0. The van der Waals surface area contributed by atoms with E-state index in [1.165, 1.54) is 12.8 Å². The zero-order valence-corrected chi connectivity index (χ0v) is 8.09. The Hall–Kier alpha value is -0.300. The number of hydrogen-bond acceptors (Lipinski definition) is 1. The Morgan fingerprint density at radius 3 is 2.36 bits per heavy atom. The molecule has 0 aliphatic rings. The largest absolute Gasteiger partial charge is 0.389 e. The summed E-state index contributed by atoms with van der Waals surface area (Å²) in [5.74, 6) is 0.606. The van der Waals surface area contributed by atoms with Crippen molar-refractivity contribution in [2.75, 3.05) is 0 Å². The smallest absolute Gasteiger partial charge is 0.0719 e. The number of rotatable bonds is 4. The summed E-state index contributed by atoms with van der Waals surface area (Å²) in [5, 5.41) is 9.17. The fraction of sp³-hybridized carbons (Fsp3) is 0.800. The van der Waals surface area contributed by atoms with Crippen LogP contribution in [-0.2, 0) is 0 Å². The Morgan fingerprint density at radius 2 is 2.00 bits per heavy atom. The highest BCUT2D eigenvalue weighted by Gasteiger charge is 2.00. The molecule has 0 radical (unpaired) electrons. The normalized spacial score (nSPS) is 18.1.